The van der Waals surface area contributed by atoms with Crippen molar-refractivity contribution in [3.8, 4) is 0 Å². The van der Waals surface area contributed by atoms with Crippen molar-refractivity contribution in [1.82, 2.24) is 5.32 Å². The zero-order valence-electron chi connectivity index (χ0n) is 8.95. The summed E-state index contributed by atoms with van der Waals surface area (Å²) in [6.07, 6.45) is 1.55. The fourth-order valence-corrected chi connectivity index (χ4v) is 1.96. The third kappa shape index (κ3) is 3.56. The molecular weight excluding hydrogens is 266 g/mol. The highest BCUT2D eigenvalue weighted by atomic mass is 35.5. The summed E-state index contributed by atoms with van der Waals surface area (Å²) in [5, 5.41) is 2.99. The molecule has 3 N–H and O–H groups in total. The van der Waals surface area contributed by atoms with Crippen LogP contribution in [-0.4, -0.2) is 18.0 Å². The fraction of sp³-hybridized carbons (Fsp3) is 0.364. The summed E-state index contributed by atoms with van der Waals surface area (Å²) in [6, 6.07) is 4.04. The van der Waals surface area contributed by atoms with Gasteiger partial charge in [0.2, 0.25) is 0 Å². The maximum Gasteiger partial charge on any atom is 0.251 e. The number of hydrogen-bond donors (Lipinski definition) is 2. The lowest BCUT2D eigenvalue weighted by atomic mass is 9.87. The van der Waals surface area contributed by atoms with Gasteiger partial charge in [0.1, 0.15) is 5.82 Å². The molecule has 0 aromatic heterocycles. The number of rotatable bonds is 2. The van der Waals surface area contributed by atoms with Crippen molar-refractivity contribution < 1.29 is 9.18 Å². The molecule has 0 atom stereocenters. The standard InChI is InChI=1S/C11H12ClFN2O.ClH/c12-7-1-6(2-8(13)3-7)11(16)15-10-4-9(14)5-10;/h1-3,9-10H,4-5,14H2,(H,15,16);1H. The number of nitrogens with one attached hydrogen (secondary N) is 1. The molecule has 0 aliphatic heterocycles. The predicted molar refractivity (Wildman–Crippen MR) is 67.1 cm³/mol. The van der Waals surface area contributed by atoms with Crippen LogP contribution >= 0.6 is 24.0 Å². The average Bonchev–Trinajstić information content (AvgIpc) is 2.13. The van der Waals surface area contributed by atoms with Gasteiger partial charge in [-0.15, -0.1) is 12.4 Å². The van der Waals surface area contributed by atoms with Crippen LogP contribution in [0.25, 0.3) is 0 Å². The molecule has 1 aromatic rings. The molecule has 0 radical (unpaired) electrons. The molecule has 0 bridgehead atoms. The van der Waals surface area contributed by atoms with Gasteiger partial charge < -0.3 is 11.1 Å². The van der Waals surface area contributed by atoms with Crippen molar-refractivity contribution >= 4 is 29.9 Å². The monoisotopic (exact) mass is 278 g/mol. The van der Waals surface area contributed by atoms with Gasteiger partial charge in [0, 0.05) is 22.7 Å². The molecule has 6 heteroatoms. The van der Waals surface area contributed by atoms with Gasteiger partial charge in [-0.05, 0) is 31.0 Å². The van der Waals surface area contributed by atoms with Crippen molar-refractivity contribution in [2.75, 3.05) is 0 Å². The van der Waals surface area contributed by atoms with Crippen molar-refractivity contribution in [2.45, 2.75) is 24.9 Å². The highest BCUT2D eigenvalue weighted by Gasteiger charge is 2.27. The third-order valence-electron chi connectivity index (χ3n) is 2.63. The third-order valence-corrected chi connectivity index (χ3v) is 2.85. The molecule has 0 spiro atoms. The van der Waals surface area contributed by atoms with Crippen LogP contribution in [0.3, 0.4) is 0 Å². The molecule has 2 rings (SSSR count). The molecule has 1 aromatic carbocycles. The molecule has 17 heavy (non-hydrogen) atoms. The van der Waals surface area contributed by atoms with Crippen LogP contribution in [0.4, 0.5) is 4.39 Å². The van der Waals surface area contributed by atoms with Gasteiger partial charge in [-0.3, -0.25) is 4.79 Å². The second-order valence-electron chi connectivity index (χ2n) is 4.06. The number of nitrogens with two attached hydrogens (primary N) is 1. The van der Waals surface area contributed by atoms with E-state index in [1.54, 1.807) is 0 Å². The Morgan fingerprint density at radius 1 is 1.41 bits per heavy atom. The molecule has 0 saturated heterocycles. The minimum atomic E-state index is -0.511. The van der Waals surface area contributed by atoms with Gasteiger partial charge in [-0.1, -0.05) is 11.6 Å². The quantitative estimate of drug-likeness (QED) is 0.871. The number of halogens is 3. The zero-order chi connectivity index (χ0) is 11.7. The molecule has 94 valence electrons. The SMILES string of the molecule is Cl.NC1CC(NC(=O)c2cc(F)cc(Cl)c2)C1. The van der Waals surface area contributed by atoms with E-state index in [1.807, 2.05) is 0 Å². The predicted octanol–water partition coefficient (Wildman–Crippen LogP) is 2.12. The lowest BCUT2D eigenvalue weighted by Gasteiger charge is -2.32. The minimum Gasteiger partial charge on any atom is -0.349 e. The molecular formula is C11H13Cl2FN2O. The lowest BCUT2D eigenvalue weighted by Crippen LogP contribution is -2.50. The summed E-state index contributed by atoms with van der Waals surface area (Å²) in [7, 11) is 0. The Bertz CT molecular complexity index is 402. The lowest BCUT2D eigenvalue weighted by molar-refractivity contribution is 0.0910. The first-order valence-electron chi connectivity index (χ1n) is 5.07. The molecule has 1 aliphatic rings. The Kier molecular flexibility index (Phi) is 4.74. The van der Waals surface area contributed by atoms with E-state index in [9.17, 15) is 9.18 Å². The van der Waals surface area contributed by atoms with Gasteiger partial charge in [0.25, 0.3) is 5.91 Å². The van der Waals surface area contributed by atoms with Crippen molar-refractivity contribution in [3.05, 3.63) is 34.6 Å². The second-order valence-corrected chi connectivity index (χ2v) is 4.50. The summed E-state index contributed by atoms with van der Waals surface area (Å²) in [4.78, 5) is 11.7. The highest BCUT2D eigenvalue weighted by molar-refractivity contribution is 6.31. The van der Waals surface area contributed by atoms with Gasteiger partial charge >= 0.3 is 0 Å². The molecule has 1 aliphatic carbocycles. The van der Waals surface area contributed by atoms with E-state index in [-0.39, 0.29) is 41.0 Å². The molecule has 3 nitrogen and oxygen atoms in total. The Morgan fingerprint density at radius 2 is 2.06 bits per heavy atom. The summed E-state index contributed by atoms with van der Waals surface area (Å²) in [6.45, 7) is 0. The van der Waals surface area contributed by atoms with E-state index in [0.29, 0.717) is 0 Å². The fourth-order valence-electron chi connectivity index (χ4n) is 1.73. The minimum absolute atomic E-state index is 0. The smallest absolute Gasteiger partial charge is 0.251 e. The largest absolute Gasteiger partial charge is 0.349 e. The molecule has 0 heterocycles. The van der Waals surface area contributed by atoms with E-state index in [0.717, 1.165) is 18.9 Å². The van der Waals surface area contributed by atoms with Gasteiger partial charge in [-0.25, -0.2) is 4.39 Å². The Hall–Kier alpha value is -0.840. The zero-order valence-corrected chi connectivity index (χ0v) is 10.5. The van der Waals surface area contributed by atoms with Crippen LogP contribution < -0.4 is 11.1 Å². The first-order chi connectivity index (χ1) is 7.54. The molecule has 1 amide bonds. The maximum atomic E-state index is 13.0. The van der Waals surface area contributed by atoms with E-state index >= 15 is 0 Å². The van der Waals surface area contributed by atoms with Crippen LogP contribution in [0, 0.1) is 5.82 Å². The number of carbonyl (C=O) groups excluding carboxylic acids is 1. The van der Waals surface area contributed by atoms with Crippen molar-refractivity contribution in [2.24, 2.45) is 5.73 Å². The van der Waals surface area contributed by atoms with E-state index in [1.165, 1.54) is 12.1 Å². The summed E-state index contributed by atoms with van der Waals surface area (Å²) in [5.41, 5.74) is 5.84. The first kappa shape index (κ1) is 14.2. The number of hydrogen-bond acceptors (Lipinski definition) is 2. The molecule has 0 unspecified atom stereocenters. The van der Waals surface area contributed by atoms with Crippen LogP contribution in [0.2, 0.25) is 5.02 Å². The Balaban J connectivity index is 0.00000144. The number of benzene rings is 1. The van der Waals surface area contributed by atoms with Gasteiger partial charge in [0.15, 0.2) is 0 Å². The molecule has 1 fully saturated rings. The van der Waals surface area contributed by atoms with Crippen LogP contribution in [0.5, 0.6) is 0 Å². The Labute approximate surface area is 110 Å². The topological polar surface area (TPSA) is 55.1 Å². The number of amides is 1. The summed E-state index contributed by atoms with van der Waals surface area (Å²) >= 11 is 5.66. The highest BCUT2D eigenvalue weighted by Crippen LogP contribution is 2.19. The van der Waals surface area contributed by atoms with E-state index in [4.69, 9.17) is 17.3 Å². The van der Waals surface area contributed by atoms with Crippen LogP contribution in [0.15, 0.2) is 18.2 Å². The maximum absolute atomic E-state index is 13.0. The Morgan fingerprint density at radius 3 is 2.59 bits per heavy atom. The van der Waals surface area contributed by atoms with Gasteiger partial charge in [0.05, 0.1) is 0 Å². The normalized spacial score (nSPS) is 22.3. The van der Waals surface area contributed by atoms with E-state index in [2.05, 4.69) is 5.32 Å². The average molecular weight is 279 g/mol. The molecule has 1 saturated carbocycles. The van der Waals surface area contributed by atoms with Crippen molar-refractivity contribution in [1.29, 1.82) is 0 Å². The second kappa shape index (κ2) is 5.67. The van der Waals surface area contributed by atoms with Crippen molar-refractivity contribution in [3.63, 3.8) is 0 Å². The van der Waals surface area contributed by atoms with Crippen LogP contribution in [-0.2, 0) is 0 Å². The van der Waals surface area contributed by atoms with Crippen LogP contribution in [0.1, 0.15) is 23.2 Å². The number of carbonyl (C=O) groups is 1. The van der Waals surface area contributed by atoms with Gasteiger partial charge in [-0.2, -0.15) is 0 Å². The summed E-state index contributed by atoms with van der Waals surface area (Å²) < 4.78 is 13.0. The first-order valence-corrected chi connectivity index (χ1v) is 5.45. The summed E-state index contributed by atoms with van der Waals surface area (Å²) in [5.74, 6) is -0.818. The van der Waals surface area contributed by atoms with E-state index < -0.39 is 5.82 Å².